The van der Waals surface area contributed by atoms with Crippen LogP contribution in [0.5, 0.6) is 0 Å². The highest BCUT2D eigenvalue weighted by Gasteiger charge is 2.08. The lowest BCUT2D eigenvalue weighted by Crippen LogP contribution is -2.32. The molecular formula is C13H19N3O. The monoisotopic (exact) mass is 233 g/mol. The summed E-state index contributed by atoms with van der Waals surface area (Å²) >= 11 is 0. The van der Waals surface area contributed by atoms with Crippen molar-refractivity contribution in [3.63, 3.8) is 0 Å². The van der Waals surface area contributed by atoms with Gasteiger partial charge in [-0.2, -0.15) is 0 Å². The first kappa shape index (κ1) is 12.1. The molecular weight excluding hydrogens is 214 g/mol. The minimum Gasteiger partial charge on any atom is -0.377 e. The zero-order chi connectivity index (χ0) is 12.3. The lowest BCUT2D eigenvalue weighted by Gasteiger charge is -2.15. The van der Waals surface area contributed by atoms with Crippen LogP contribution in [0.2, 0.25) is 0 Å². The molecule has 92 valence electrons. The van der Waals surface area contributed by atoms with Crippen LogP contribution in [0.25, 0.3) is 11.0 Å². The van der Waals surface area contributed by atoms with Crippen molar-refractivity contribution in [1.82, 2.24) is 9.55 Å². The number of fused-ring (bicyclic) bond motifs is 1. The Morgan fingerprint density at radius 3 is 2.88 bits per heavy atom. The summed E-state index contributed by atoms with van der Waals surface area (Å²) in [7, 11) is 0. The summed E-state index contributed by atoms with van der Waals surface area (Å²) in [5.74, 6) is 0. The highest BCUT2D eigenvalue weighted by atomic mass is 16.5. The molecule has 4 heteroatoms. The first-order valence-corrected chi connectivity index (χ1v) is 5.94. The van der Waals surface area contributed by atoms with E-state index >= 15 is 0 Å². The van der Waals surface area contributed by atoms with Crippen LogP contribution >= 0.6 is 0 Å². The van der Waals surface area contributed by atoms with E-state index in [9.17, 15) is 0 Å². The van der Waals surface area contributed by atoms with Gasteiger partial charge in [-0.3, -0.25) is 0 Å². The van der Waals surface area contributed by atoms with Crippen molar-refractivity contribution < 1.29 is 4.74 Å². The summed E-state index contributed by atoms with van der Waals surface area (Å²) in [6, 6.07) is 8.05. The van der Waals surface area contributed by atoms with E-state index in [1.165, 1.54) is 0 Å². The molecule has 0 bridgehead atoms. The minimum atomic E-state index is -0.00462. The Morgan fingerprint density at radius 2 is 2.12 bits per heavy atom. The normalized spacial score (nSPS) is 13.4. The molecule has 1 aromatic heterocycles. The number of hydrogen-bond donors (Lipinski definition) is 1. The van der Waals surface area contributed by atoms with Crippen LogP contribution in [0.15, 0.2) is 30.6 Å². The fraction of sp³-hybridized carbons (Fsp3) is 0.462. The van der Waals surface area contributed by atoms with Gasteiger partial charge in [0, 0.05) is 12.6 Å². The minimum absolute atomic E-state index is 0.00462. The van der Waals surface area contributed by atoms with Gasteiger partial charge in [-0.05, 0) is 26.0 Å². The molecule has 0 spiro atoms. The molecule has 4 nitrogen and oxygen atoms in total. The fourth-order valence-corrected chi connectivity index (χ4v) is 1.78. The molecule has 2 N–H and O–H groups in total. The number of ether oxygens (including phenoxy) is 1. The maximum atomic E-state index is 6.03. The first-order chi connectivity index (χ1) is 8.16. The van der Waals surface area contributed by atoms with Crippen LogP contribution in [0, 0.1) is 0 Å². The Hall–Kier alpha value is -1.39. The molecule has 1 aromatic carbocycles. The average molecular weight is 233 g/mol. The summed E-state index contributed by atoms with van der Waals surface area (Å²) in [5, 5.41) is 0. The largest absolute Gasteiger partial charge is 0.377 e. The lowest BCUT2D eigenvalue weighted by atomic mass is 10.3. The number of nitrogens with zero attached hydrogens (tertiary/aromatic N) is 2. The Balaban J connectivity index is 2.03. The van der Waals surface area contributed by atoms with Crippen LogP contribution in [-0.4, -0.2) is 28.3 Å². The molecule has 2 rings (SSSR count). The molecule has 0 aliphatic carbocycles. The van der Waals surface area contributed by atoms with Gasteiger partial charge in [0.25, 0.3) is 0 Å². The van der Waals surface area contributed by atoms with E-state index in [1.54, 1.807) is 0 Å². The molecule has 2 aromatic rings. The Bertz CT molecular complexity index is 478. The van der Waals surface area contributed by atoms with Crippen molar-refractivity contribution in [3.05, 3.63) is 30.6 Å². The van der Waals surface area contributed by atoms with Crippen molar-refractivity contribution >= 4 is 11.0 Å². The number of para-hydroxylation sites is 2. The number of rotatable bonds is 5. The van der Waals surface area contributed by atoms with Crippen LogP contribution in [-0.2, 0) is 11.3 Å². The van der Waals surface area contributed by atoms with Gasteiger partial charge in [-0.1, -0.05) is 12.1 Å². The maximum absolute atomic E-state index is 6.03. The smallest absolute Gasteiger partial charge is 0.0958 e. The second kappa shape index (κ2) is 5.29. The second-order valence-electron chi connectivity index (χ2n) is 4.53. The highest BCUT2D eigenvalue weighted by Crippen LogP contribution is 2.11. The van der Waals surface area contributed by atoms with E-state index in [2.05, 4.69) is 15.6 Å². The molecule has 0 aliphatic heterocycles. The Morgan fingerprint density at radius 1 is 1.35 bits per heavy atom. The number of imidazole rings is 1. The van der Waals surface area contributed by atoms with E-state index in [0.717, 1.165) is 17.6 Å². The molecule has 0 aliphatic rings. The fourth-order valence-electron chi connectivity index (χ4n) is 1.78. The number of hydrogen-bond acceptors (Lipinski definition) is 3. The van der Waals surface area contributed by atoms with Gasteiger partial charge in [0.2, 0.25) is 0 Å². The zero-order valence-corrected chi connectivity index (χ0v) is 10.3. The predicted octanol–water partition coefficient (Wildman–Crippen LogP) is 1.79. The summed E-state index contributed by atoms with van der Waals surface area (Å²) in [6.07, 6.45) is 2.06. The Labute approximate surface area is 101 Å². The molecule has 0 fully saturated rings. The molecule has 1 atom stereocenters. The van der Waals surface area contributed by atoms with Crippen molar-refractivity contribution in [3.8, 4) is 0 Å². The van der Waals surface area contributed by atoms with Gasteiger partial charge in [0.15, 0.2) is 0 Å². The van der Waals surface area contributed by atoms with Gasteiger partial charge in [0.05, 0.1) is 30.1 Å². The summed E-state index contributed by atoms with van der Waals surface area (Å²) in [5.41, 5.74) is 8.15. The SMILES string of the molecule is CC(C)OCC(N)Cn1cnc2ccccc21. The molecule has 0 saturated heterocycles. The van der Waals surface area contributed by atoms with Gasteiger partial charge in [0.1, 0.15) is 0 Å². The molecule has 17 heavy (non-hydrogen) atoms. The zero-order valence-electron chi connectivity index (χ0n) is 10.3. The summed E-state index contributed by atoms with van der Waals surface area (Å²) in [4.78, 5) is 4.33. The number of nitrogens with two attached hydrogens (primary N) is 1. The van der Waals surface area contributed by atoms with Crippen LogP contribution in [0.3, 0.4) is 0 Å². The summed E-state index contributed by atoms with van der Waals surface area (Å²) < 4.78 is 7.58. The predicted molar refractivity (Wildman–Crippen MR) is 68.8 cm³/mol. The molecule has 1 heterocycles. The van der Waals surface area contributed by atoms with E-state index in [1.807, 2.05) is 38.4 Å². The molecule has 0 saturated carbocycles. The summed E-state index contributed by atoms with van der Waals surface area (Å²) in [6.45, 7) is 5.33. The van der Waals surface area contributed by atoms with Crippen molar-refractivity contribution in [2.24, 2.45) is 5.73 Å². The lowest BCUT2D eigenvalue weighted by molar-refractivity contribution is 0.0656. The quantitative estimate of drug-likeness (QED) is 0.856. The number of aromatic nitrogens is 2. The first-order valence-electron chi connectivity index (χ1n) is 5.94. The van der Waals surface area contributed by atoms with E-state index in [4.69, 9.17) is 10.5 Å². The highest BCUT2D eigenvalue weighted by molar-refractivity contribution is 5.74. The van der Waals surface area contributed by atoms with Gasteiger partial charge < -0.3 is 15.0 Å². The topological polar surface area (TPSA) is 53.1 Å². The second-order valence-corrected chi connectivity index (χ2v) is 4.53. The van der Waals surface area contributed by atoms with Gasteiger partial charge in [-0.25, -0.2) is 4.98 Å². The van der Waals surface area contributed by atoms with E-state index in [-0.39, 0.29) is 12.1 Å². The van der Waals surface area contributed by atoms with E-state index in [0.29, 0.717) is 6.61 Å². The molecule has 1 unspecified atom stereocenters. The molecule has 0 radical (unpaired) electrons. The van der Waals surface area contributed by atoms with Crippen LogP contribution < -0.4 is 5.73 Å². The van der Waals surface area contributed by atoms with Crippen molar-refractivity contribution in [1.29, 1.82) is 0 Å². The third-order valence-electron chi connectivity index (χ3n) is 2.60. The van der Waals surface area contributed by atoms with Crippen molar-refractivity contribution in [2.75, 3.05) is 6.61 Å². The van der Waals surface area contributed by atoms with Crippen LogP contribution in [0.1, 0.15) is 13.8 Å². The Kier molecular flexibility index (Phi) is 3.76. The van der Waals surface area contributed by atoms with Gasteiger partial charge >= 0.3 is 0 Å². The van der Waals surface area contributed by atoms with Crippen molar-refractivity contribution in [2.45, 2.75) is 32.5 Å². The van der Waals surface area contributed by atoms with E-state index < -0.39 is 0 Å². The van der Waals surface area contributed by atoms with Crippen LogP contribution in [0.4, 0.5) is 0 Å². The average Bonchev–Trinajstić information content (AvgIpc) is 2.70. The molecule has 0 amide bonds. The third-order valence-corrected chi connectivity index (χ3v) is 2.60. The van der Waals surface area contributed by atoms with Gasteiger partial charge in [-0.15, -0.1) is 0 Å². The third kappa shape index (κ3) is 3.05. The number of benzene rings is 1. The standard InChI is InChI=1S/C13H19N3O/c1-10(2)17-8-11(14)7-16-9-15-12-5-3-4-6-13(12)16/h3-6,9-11H,7-8,14H2,1-2H3. The maximum Gasteiger partial charge on any atom is 0.0958 e.